The number of ether oxygens (including phenoxy) is 2. The molecule has 9 heteroatoms. The SMILES string of the molecule is CCOC(=O)Cc1cccc(-c2nn3c(CC(=O)OCC)nnc3s2)c1. The molecule has 0 unspecified atom stereocenters. The lowest BCUT2D eigenvalue weighted by molar-refractivity contribution is -0.143. The molecule has 0 fully saturated rings. The van der Waals surface area contributed by atoms with Crippen LogP contribution in [0.5, 0.6) is 0 Å². The van der Waals surface area contributed by atoms with Crippen LogP contribution in [0.2, 0.25) is 0 Å². The van der Waals surface area contributed by atoms with E-state index in [2.05, 4.69) is 15.3 Å². The largest absolute Gasteiger partial charge is 0.466 e. The second-order valence-corrected chi connectivity index (χ2v) is 6.34. The average Bonchev–Trinajstić information content (AvgIpc) is 3.18. The van der Waals surface area contributed by atoms with Crippen molar-refractivity contribution in [3.8, 4) is 10.6 Å². The zero-order chi connectivity index (χ0) is 18.5. The van der Waals surface area contributed by atoms with E-state index >= 15 is 0 Å². The number of nitrogens with zero attached hydrogens (tertiary/aromatic N) is 4. The zero-order valence-electron chi connectivity index (χ0n) is 14.5. The molecule has 0 aliphatic heterocycles. The van der Waals surface area contributed by atoms with Crippen LogP contribution < -0.4 is 0 Å². The predicted molar refractivity (Wildman–Crippen MR) is 94.8 cm³/mol. The lowest BCUT2D eigenvalue weighted by Gasteiger charge is -2.03. The van der Waals surface area contributed by atoms with Crippen LogP contribution in [0.1, 0.15) is 25.2 Å². The number of hydrogen-bond acceptors (Lipinski definition) is 8. The van der Waals surface area contributed by atoms with Crippen molar-refractivity contribution in [3.05, 3.63) is 35.7 Å². The average molecular weight is 374 g/mol. The zero-order valence-corrected chi connectivity index (χ0v) is 15.3. The van der Waals surface area contributed by atoms with Gasteiger partial charge in [0.05, 0.1) is 19.6 Å². The van der Waals surface area contributed by atoms with Gasteiger partial charge >= 0.3 is 11.9 Å². The van der Waals surface area contributed by atoms with Crippen molar-refractivity contribution in [2.45, 2.75) is 26.7 Å². The molecule has 0 bridgehead atoms. The van der Waals surface area contributed by atoms with Gasteiger partial charge in [-0.2, -0.15) is 9.61 Å². The molecule has 0 atom stereocenters. The number of carbonyl (C=O) groups is 2. The molecule has 2 heterocycles. The van der Waals surface area contributed by atoms with Crippen molar-refractivity contribution >= 4 is 28.2 Å². The van der Waals surface area contributed by atoms with E-state index in [-0.39, 0.29) is 24.8 Å². The minimum absolute atomic E-state index is 0.0150. The van der Waals surface area contributed by atoms with E-state index < -0.39 is 0 Å². The Balaban J connectivity index is 1.83. The van der Waals surface area contributed by atoms with Crippen molar-refractivity contribution in [2.24, 2.45) is 0 Å². The molecule has 3 aromatic rings. The van der Waals surface area contributed by atoms with E-state index in [0.29, 0.717) is 24.0 Å². The van der Waals surface area contributed by atoms with Crippen LogP contribution in [0.4, 0.5) is 0 Å². The number of fused-ring (bicyclic) bond motifs is 1. The molecule has 3 rings (SSSR count). The molecule has 0 radical (unpaired) electrons. The predicted octanol–water partition coefficient (Wildman–Crippen LogP) is 2.06. The number of rotatable bonds is 7. The second-order valence-electron chi connectivity index (χ2n) is 5.38. The molecule has 136 valence electrons. The number of carbonyl (C=O) groups excluding carboxylic acids is 2. The van der Waals surface area contributed by atoms with E-state index in [1.807, 2.05) is 24.3 Å². The number of aromatic nitrogens is 4. The summed E-state index contributed by atoms with van der Waals surface area (Å²) in [5.74, 6) is -0.198. The van der Waals surface area contributed by atoms with Crippen LogP contribution in [0, 0.1) is 0 Å². The molecule has 0 aliphatic rings. The summed E-state index contributed by atoms with van der Waals surface area (Å²) in [7, 11) is 0. The molecule has 0 saturated carbocycles. The molecule has 0 spiro atoms. The molecule has 2 aromatic heterocycles. The summed E-state index contributed by atoms with van der Waals surface area (Å²) in [6, 6.07) is 7.54. The Bertz CT molecular complexity index is 934. The second kappa shape index (κ2) is 8.05. The summed E-state index contributed by atoms with van der Waals surface area (Å²) >= 11 is 1.36. The monoisotopic (exact) mass is 374 g/mol. The summed E-state index contributed by atoms with van der Waals surface area (Å²) in [5.41, 5.74) is 1.71. The molecule has 0 amide bonds. The number of hydrogen-bond donors (Lipinski definition) is 0. The minimum atomic E-state index is -0.368. The maximum atomic E-state index is 11.7. The van der Waals surface area contributed by atoms with Crippen molar-refractivity contribution in [1.29, 1.82) is 0 Å². The molecule has 26 heavy (non-hydrogen) atoms. The maximum Gasteiger partial charge on any atom is 0.313 e. The summed E-state index contributed by atoms with van der Waals surface area (Å²) in [4.78, 5) is 23.9. The summed E-state index contributed by atoms with van der Waals surface area (Å²) in [5, 5.41) is 13.3. The van der Waals surface area contributed by atoms with Crippen LogP contribution in [0.3, 0.4) is 0 Å². The quantitative estimate of drug-likeness (QED) is 0.584. The van der Waals surface area contributed by atoms with Gasteiger partial charge in [-0.15, -0.1) is 10.2 Å². The first-order valence-corrected chi connectivity index (χ1v) is 9.04. The van der Waals surface area contributed by atoms with E-state index in [1.165, 1.54) is 11.3 Å². The van der Waals surface area contributed by atoms with Gasteiger partial charge < -0.3 is 9.47 Å². The highest BCUT2D eigenvalue weighted by molar-refractivity contribution is 7.19. The fraction of sp³-hybridized carbons (Fsp3) is 0.353. The normalized spacial score (nSPS) is 10.8. The van der Waals surface area contributed by atoms with Gasteiger partial charge in [-0.1, -0.05) is 29.5 Å². The van der Waals surface area contributed by atoms with Crippen molar-refractivity contribution < 1.29 is 19.1 Å². The van der Waals surface area contributed by atoms with Crippen LogP contribution in [0.25, 0.3) is 15.5 Å². The smallest absolute Gasteiger partial charge is 0.313 e. The van der Waals surface area contributed by atoms with Crippen LogP contribution in [-0.2, 0) is 31.9 Å². The van der Waals surface area contributed by atoms with Crippen molar-refractivity contribution in [3.63, 3.8) is 0 Å². The third-order valence-corrected chi connectivity index (χ3v) is 4.44. The first-order valence-electron chi connectivity index (χ1n) is 8.22. The highest BCUT2D eigenvalue weighted by atomic mass is 32.1. The third kappa shape index (κ3) is 4.05. The summed E-state index contributed by atoms with van der Waals surface area (Å²) in [6.07, 6.45) is 0.223. The molecule has 0 aliphatic carbocycles. The first-order chi connectivity index (χ1) is 12.6. The van der Waals surface area contributed by atoms with Gasteiger partial charge in [0.15, 0.2) is 5.82 Å². The van der Waals surface area contributed by atoms with Gasteiger partial charge in [-0.3, -0.25) is 9.59 Å². The minimum Gasteiger partial charge on any atom is -0.466 e. The summed E-state index contributed by atoms with van der Waals surface area (Å²) in [6.45, 7) is 4.21. The van der Waals surface area contributed by atoms with Gasteiger partial charge in [0, 0.05) is 5.56 Å². The van der Waals surface area contributed by atoms with Gasteiger partial charge in [-0.05, 0) is 25.5 Å². The van der Waals surface area contributed by atoms with Crippen LogP contribution in [0.15, 0.2) is 24.3 Å². The van der Waals surface area contributed by atoms with Gasteiger partial charge in [-0.25, -0.2) is 0 Å². The third-order valence-electron chi connectivity index (χ3n) is 3.49. The molecule has 0 N–H and O–H groups in total. The highest BCUT2D eigenvalue weighted by Gasteiger charge is 2.16. The van der Waals surface area contributed by atoms with Gasteiger partial charge in [0.25, 0.3) is 0 Å². The molecular weight excluding hydrogens is 356 g/mol. The fourth-order valence-electron chi connectivity index (χ4n) is 2.42. The van der Waals surface area contributed by atoms with Crippen LogP contribution >= 0.6 is 11.3 Å². The Kier molecular flexibility index (Phi) is 5.57. The topological polar surface area (TPSA) is 95.7 Å². The standard InChI is InChI=1S/C17H18N4O4S/c1-3-24-14(22)9-11-6-5-7-12(8-11)16-20-21-13(10-15(23)25-4-2)18-19-17(21)26-16/h5-8H,3-4,9-10H2,1-2H3. The Labute approximate surface area is 153 Å². The van der Waals surface area contributed by atoms with Gasteiger partial charge in [0.1, 0.15) is 11.4 Å². The molecule has 1 aromatic carbocycles. The molecular formula is C17H18N4O4S. The van der Waals surface area contributed by atoms with E-state index in [9.17, 15) is 9.59 Å². The Hall–Kier alpha value is -2.81. The van der Waals surface area contributed by atoms with E-state index in [1.54, 1.807) is 18.4 Å². The molecule has 8 nitrogen and oxygen atoms in total. The lowest BCUT2D eigenvalue weighted by atomic mass is 10.1. The maximum absolute atomic E-state index is 11.7. The van der Waals surface area contributed by atoms with Crippen LogP contribution in [-0.4, -0.2) is 45.0 Å². The van der Waals surface area contributed by atoms with E-state index in [4.69, 9.17) is 9.47 Å². The Morgan fingerprint density at radius 1 is 1.08 bits per heavy atom. The van der Waals surface area contributed by atoms with Crippen molar-refractivity contribution in [2.75, 3.05) is 13.2 Å². The first kappa shape index (κ1) is 18.0. The van der Waals surface area contributed by atoms with Gasteiger partial charge in [0.2, 0.25) is 4.96 Å². The number of esters is 2. The van der Waals surface area contributed by atoms with Crippen molar-refractivity contribution in [1.82, 2.24) is 19.8 Å². The van der Waals surface area contributed by atoms with E-state index in [0.717, 1.165) is 16.1 Å². The highest BCUT2D eigenvalue weighted by Crippen LogP contribution is 2.26. The molecule has 0 saturated heterocycles. The number of benzene rings is 1. The summed E-state index contributed by atoms with van der Waals surface area (Å²) < 4.78 is 11.5. The Morgan fingerprint density at radius 3 is 2.54 bits per heavy atom. The lowest BCUT2D eigenvalue weighted by Crippen LogP contribution is -2.10. The fourth-order valence-corrected chi connectivity index (χ4v) is 3.27. The Morgan fingerprint density at radius 2 is 1.81 bits per heavy atom.